The zero-order valence-electron chi connectivity index (χ0n) is 18.4. The number of rotatable bonds is 7. The molecule has 1 atom stereocenters. The van der Waals surface area contributed by atoms with Crippen molar-refractivity contribution < 1.29 is 23.9 Å². The molecule has 5 heterocycles. The third kappa shape index (κ3) is 4.15. The van der Waals surface area contributed by atoms with Crippen molar-refractivity contribution in [1.29, 1.82) is 0 Å². The first-order valence-corrected chi connectivity index (χ1v) is 11.7. The maximum Gasteiger partial charge on any atom is 0.341 e. The van der Waals surface area contributed by atoms with Crippen LogP contribution in [0.4, 0.5) is 10.2 Å². The Bertz CT molecular complexity index is 1270. The smallest absolute Gasteiger partial charge is 0.341 e. The van der Waals surface area contributed by atoms with Crippen molar-refractivity contribution in [2.24, 2.45) is 0 Å². The molecule has 2 aliphatic heterocycles. The number of hydrogen-bond donors (Lipinski definition) is 2. The summed E-state index contributed by atoms with van der Waals surface area (Å²) in [6.45, 7) is 3.57. The lowest BCUT2D eigenvalue weighted by molar-refractivity contribution is -0.0799. The minimum Gasteiger partial charge on any atom is -0.477 e. The van der Waals surface area contributed by atoms with E-state index >= 15 is 4.39 Å². The second kappa shape index (κ2) is 9.33. The van der Waals surface area contributed by atoms with Gasteiger partial charge in [-0.3, -0.25) is 14.2 Å². The molecule has 0 aromatic carbocycles. The lowest BCUT2D eigenvalue weighted by atomic mass is 10.1. The van der Waals surface area contributed by atoms with Crippen LogP contribution in [0.2, 0.25) is 0 Å². The molecule has 11 nitrogen and oxygen atoms in total. The third-order valence-electron chi connectivity index (χ3n) is 6.05. The van der Waals surface area contributed by atoms with Crippen LogP contribution in [-0.4, -0.2) is 68.4 Å². The van der Waals surface area contributed by atoms with Gasteiger partial charge in [0.15, 0.2) is 17.3 Å². The van der Waals surface area contributed by atoms with Gasteiger partial charge < -0.3 is 14.7 Å². The van der Waals surface area contributed by atoms with Crippen LogP contribution < -0.4 is 15.8 Å². The molecule has 3 aromatic heterocycles. The first-order chi connectivity index (χ1) is 16.4. The Kier molecular flexibility index (Phi) is 6.25. The number of ether oxygens (including phenoxy) is 1. The molecule has 0 aliphatic carbocycles. The van der Waals surface area contributed by atoms with Crippen molar-refractivity contribution >= 4 is 34.4 Å². The fourth-order valence-electron chi connectivity index (χ4n) is 4.19. The summed E-state index contributed by atoms with van der Waals surface area (Å²) < 4.78 is 26.3. The molecule has 2 fully saturated rings. The van der Waals surface area contributed by atoms with Crippen LogP contribution in [-0.2, 0) is 9.57 Å². The number of nitrogens with one attached hydrogen (secondary N) is 1. The molecule has 5 rings (SSSR count). The molecule has 0 spiro atoms. The number of hydrogen-bond acceptors (Lipinski definition) is 10. The normalized spacial score (nSPS) is 18.9. The summed E-state index contributed by atoms with van der Waals surface area (Å²) in [5, 5.41) is 9.71. The summed E-state index contributed by atoms with van der Waals surface area (Å²) in [6, 6.07) is -0.0134. The Hall–Kier alpha value is -3.00. The molecule has 13 heteroatoms. The van der Waals surface area contributed by atoms with Crippen LogP contribution in [0.15, 0.2) is 17.3 Å². The Balaban J connectivity index is 1.40. The van der Waals surface area contributed by atoms with Crippen molar-refractivity contribution in [3.05, 3.63) is 39.7 Å². The number of hydroxylamine groups is 1. The highest BCUT2D eigenvalue weighted by molar-refractivity contribution is 7.08. The van der Waals surface area contributed by atoms with Crippen molar-refractivity contribution in [2.45, 2.75) is 38.3 Å². The highest BCUT2D eigenvalue weighted by atomic mass is 32.1. The molecule has 2 N–H and O–H groups in total. The van der Waals surface area contributed by atoms with E-state index in [2.05, 4.69) is 19.8 Å². The van der Waals surface area contributed by atoms with Gasteiger partial charge in [-0.15, -0.1) is 0 Å². The number of fused-ring (bicyclic) bond motifs is 1. The molecule has 0 bridgehead atoms. The Labute approximate surface area is 197 Å². The average molecular weight is 491 g/mol. The number of carboxylic acids is 1. The number of aryl methyl sites for hydroxylation is 1. The summed E-state index contributed by atoms with van der Waals surface area (Å²) in [6.07, 6.45) is 5.75. The van der Waals surface area contributed by atoms with Gasteiger partial charge >= 0.3 is 5.97 Å². The quantitative estimate of drug-likeness (QED) is 0.471. The number of carbonyl (C=O) groups is 1. The van der Waals surface area contributed by atoms with Crippen molar-refractivity contribution in [3.63, 3.8) is 0 Å². The van der Waals surface area contributed by atoms with E-state index in [0.717, 1.165) is 43.6 Å². The number of aromatic nitrogens is 4. The van der Waals surface area contributed by atoms with Gasteiger partial charge in [-0.25, -0.2) is 19.2 Å². The van der Waals surface area contributed by atoms with Gasteiger partial charge in [0.05, 0.1) is 24.1 Å². The zero-order chi connectivity index (χ0) is 23.8. The van der Waals surface area contributed by atoms with E-state index < -0.39 is 22.8 Å². The van der Waals surface area contributed by atoms with E-state index in [1.165, 1.54) is 17.8 Å². The van der Waals surface area contributed by atoms with E-state index in [-0.39, 0.29) is 34.6 Å². The van der Waals surface area contributed by atoms with E-state index in [4.69, 9.17) is 9.57 Å². The summed E-state index contributed by atoms with van der Waals surface area (Å²) in [5.41, 5.74) is 1.87. The summed E-state index contributed by atoms with van der Waals surface area (Å²) in [5.74, 6) is -1.99. The number of nitrogens with zero attached hydrogens (tertiary/aromatic N) is 5. The van der Waals surface area contributed by atoms with Crippen LogP contribution in [0.25, 0.3) is 16.2 Å². The van der Waals surface area contributed by atoms with Crippen LogP contribution in [0, 0.1) is 12.7 Å². The van der Waals surface area contributed by atoms with Crippen LogP contribution in [0.3, 0.4) is 0 Å². The van der Waals surface area contributed by atoms with E-state index in [0.29, 0.717) is 24.8 Å². The summed E-state index contributed by atoms with van der Waals surface area (Å²) in [4.78, 5) is 40.3. The van der Waals surface area contributed by atoms with Crippen LogP contribution in [0.5, 0.6) is 0 Å². The number of pyridine rings is 2. The monoisotopic (exact) mass is 490 g/mol. The molecule has 3 aromatic rings. The van der Waals surface area contributed by atoms with Gasteiger partial charge in [0.1, 0.15) is 11.9 Å². The zero-order valence-corrected chi connectivity index (χ0v) is 19.2. The molecule has 0 amide bonds. The van der Waals surface area contributed by atoms with E-state index in [1.54, 1.807) is 4.90 Å². The average Bonchev–Trinajstić information content (AvgIpc) is 3.33. The Morgan fingerprint density at radius 3 is 2.91 bits per heavy atom. The maximum absolute atomic E-state index is 15.3. The van der Waals surface area contributed by atoms with Gasteiger partial charge in [0.25, 0.3) is 0 Å². The Morgan fingerprint density at radius 2 is 2.24 bits per heavy atom. The minimum atomic E-state index is -1.41. The second-order valence-corrected chi connectivity index (χ2v) is 9.12. The fraction of sp³-hybridized carbons (Fsp3) is 0.476. The highest BCUT2D eigenvalue weighted by Crippen LogP contribution is 2.30. The predicted molar refractivity (Wildman–Crippen MR) is 121 cm³/mol. The van der Waals surface area contributed by atoms with Crippen molar-refractivity contribution in [1.82, 2.24) is 24.4 Å². The van der Waals surface area contributed by atoms with Crippen LogP contribution in [0.1, 0.15) is 35.2 Å². The highest BCUT2D eigenvalue weighted by Gasteiger charge is 2.32. The molecule has 2 aliphatic rings. The number of halogens is 1. The number of anilines is 1. The van der Waals surface area contributed by atoms with Crippen molar-refractivity contribution in [3.8, 4) is 5.13 Å². The SMILES string of the molecule is Cc1c(F)c(N2CC(NOC[C@@H]3CCCCO3)C2)nc2c1c(=O)c(C(=O)O)cn2-c1ncns1. The standard InChI is InChI=1S/C21H23FN6O5S/c1-11-15-17(29)14(20(30)31)8-28(21-23-10-24-34-21)18(15)25-19(16(11)22)27-6-12(7-27)26-33-9-13-4-2-3-5-32-13/h8,10,12-13,26H,2-7,9H2,1H3,(H,30,31)/t13-/m0/s1. The molecule has 180 valence electrons. The molecular weight excluding hydrogens is 467 g/mol. The van der Waals surface area contributed by atoms with Gasteiger partial charge in [0.2, 0.25) is 10.6 Å². The maximum atomic E-state index is 15.3. The number of aromatic carboxylic acids is 1. The first-order valence-electron chi connectivity index (χ1n) is 10.9. The van der Waals surface area contributed by atoms with E-state index in [1.807, 2.05) is 0 Å². The summed E-state index contributed by atoms with van der Waals surface area (Å²) in [7, 11) is 0. The molecule has 0 unspecified atom stereocenters. The lowest BCUT2D eigenvalue weighted by Gasteiger charge is -2.40. The molecule has 34 heavy (non-hydrogen) atoms. The largest absolute Gasteiger partial charge is 0.477 e. The van der Waals surface area contributed by atoms with Gasteiger partial charge in [0, 0.05) is 43.0 Å². The number of carboxylic acid groups (broad SMARTS) is 1. The minimum absolute atomic E-state index is 0.0134. The van der Waals surface area contributed by atoms with E-state index in [9.17, 15) is 14.7 Å². The van der Waals surface area contributed by atoms with Crippen molar-refractivity contribution in [2.75, 3.05) is 31.2 Å². The van der Waals surface area contributed by atoms with Gasteiger partial charge in [-0.1, -0.05) is 0 Å². The molecule has 0 radical (unpaired) electrons. The Morgan fingerprint density at radius 1 is 1.41 bits per heavy atom. The first kappa shape index (κ1) is 22.8. The third-order valence-corrected chi connectivity index (χ3v) is 6.72. The second-order valence-electron chi connectivity index (χ2n) is 8.36. The fourth-order valence-corrected chi connectivity index (χ4v) is 4.70. The lowest BCUT2D eigenvalue weighted by Crippen LogP contribution is -2.59. The summed E-state index contributed by atoms with van der Waals surface area (Å²) >= 11 is 1.01. The topological polar surface area (TPSA) is 132 Å². The molecule has 2 saturated heterocycles. The van der Waals surface area contributed by atoms with Gasteiger partial charge in [-0.2, -0.15) is 9.85 Å². The molecular formula is C21H23FN6O5S. The predicted octanol–water partition coefficient (Wildman–Crippen LogP) is 1.66. The molecule has 0 saturated carbocycles. The van der Waals surface area contributed by atoms with Crippen LogP contribution >= 0.6 is 11.5 Å². The van der Waals surface area contributed by atoms with Gasteiger partial charge in [-0.05, 0) is 26.2 Å².